The predicted octanol–water partition coefficient (Wildman–Crippen LogP) is 2.45. The van der Waals surface area contributed by atoms with Gasteiger partial charge in [0.2, 0.25) is 0 Å². The van der Waals surface area contributed by atoms with Crippen molar-refractivity contribution in [2.75, 3.05) is 13.1 Å². The Kier molecular flexibility index (Phi) is 4.26. The third-order valence-corrected chi connectivity index (χ3v) is 4.03. The van der Waals surface area contributed by atoms with Gasteiger partial charge in [-0.1, -0.05) is 34.6 Å². The van der Waals surface area contributed by atoms with Crippen LogP contribution in [0.15, 0.2) is 6.20 Å². The first-order valence-corrected chi connectivity index (χ1v) is 7.73. The van der Waals surface area contributed by atoms with Gasteiger partial charge in [0.15, 0.2) is 0 Å². The molecule has 0 saturated carbocycles. The van der Waals surface area contributed by atoms with Gasteiger partial charge in [0.1, 0.15) is 0 Å². The lowest BCUT2D eigenvalue weighted by molar-refractivity contribution is 0.219. The number of hydrogen-bond donors (Lipinski definition) is 1. The Morgan fingerprint density at radius 1 is 1.40 bits per heavy atom. The SMILES string of the molecule is CC(C)CN1CCC(N)C1c1cn(C)nc1C(C)(C)C. The highest BCUT2D eigenvalue weighted by Gasteiger charge is 2.37. The van der Waals surface area contributed by atoms with Gasteiger partial charge in [0.05, 0.1) is 11.7 Å². The fourth-order valence-electron chi connectivity index (χ4n) is 3.29. The van der Waals surface area contributed by atoms with Gasteiger partial charge >= 0.3 is 0 Å². The molecule has 2 rings (SSSR count). The maximum absolute atomic E-state index is 6.42. The van der Waals surface area contributed by atoms with Gasteiger partial charge in [-0.25, -0.2) is 0 Å². The summed E-state index contributed by atoms with van der Waals surface area (Å²) in [5, 5.41) is 4.71. The molecule has 0 aliphatic carbocycles. The van der Waals surface area contributed by atoms with E-state index in [9.17, 15) is 0 Å². The Labute approximate surface area is 123 Å². The van der Waals surface area contributed by atoms with E-state index in [4.69, 9.17) is 10.8 Å². The van der Waals surface area contributed by atoms with E-state index in [2.05, 4.69) is 45.7 Å². The molecule has 0 amide bonds. The number of nitrogens with zero attached hydrogens (tertiary/aromatic N) is 3. The Hall–Kier alpha value is -0.870. The first kappa shape index (κ1) is 15.5. The number of rotatable bonds is 3. The van der Waals surface area contributed by atoms with Crippen LogP contribution in [0.3, 0.4) is 0 Å². The molecule has 2 heterocycles. The van der Waals surface area contributed by atoms with Gasteiger partial charge in [0.25, 0.3) is 0 Å². The smallest absolute Gasteiger partial charge is 0.0726 e. The minimum absolute atomic E-state index is 0.0579. The molecular weight excluding hydrogens is 248 g/mol. The molecule has 0 radical (unpaired) electrons. The minimum Gasteiger partial charge on any atom is -0.326 e. The monoisotopic (exact) mass is 278 g/mol. The molecule has 1 fully saturated rings. The third-order valence-electron chi connectivity index (χ3n) is 4.03. The average molecular weight is 278 g/mol. The number of aryl methyl sites for hydroxylation is 1. The van der Waals surface area contributed by atoms with Crippen LogP contribution in [0.5, 0.6) is 0 Å². The van der Waals surface area contributed by atoms with Crippen LogP contribution in [-0.2, 0) is 12.5 Å². The quantitative estimate of drug-likeness (QED) is 0.924. The summed E-state index contributed by atoms with van der Waals surface area (Å²) >= 11 is 0. The van der Waals surface area contributed by atoms with Crippen LogP contribution in [0.2, 0.25) is 0 Å². The summed E-state index contributed by atoms with van der Waals surface area (Å²) in [6.45, 7) is 13.4. The first-order valence-electron chi connectivity index (χ1n) is 7.73. The topological polar surface area (TPSA) is 47.1 Å². The van der Waals surface area contributed by atoms with E-state index in [1.54, 1.807) is 0 Å². The third kappa shape index (κ3) is 3.07. The maximum atomic E-state index is 6.42. The van der Waals surface area contributed by atoms with Crippen LogP contribution < -0.4 is 5.73 Å². The molecule has 4 nitrogen and oxygen atoms in total. The lowest BCUT2D eigenvalue weighted by Crippen LogP contribution is -2.35. The molecule has 4 heteroatoms. The molecule has 1 aromatic heterocycles. The van der Waals surface area contributed by atoms with Gasteiger partial charge < -0.3 is 5.73 Å². The fraction of sp³-hybridized carbons (Fsp3) is 0.812. The predicted molar refractivity (Wildman–Crippen MR) is 83.7 cm³/mol. The Morgan fingerprint density at radius 3 is 2.60 bits per heavy atom. The molecule has 0 spiro atoms. The molecule has 1 aliphatic rings. The molecule has 1 aromatic rings. The van der Waals surface area contributed by atoms with E-state index in [0.29, 0.717) is 12.0 Å². The average Bonchev–Trinajstić information content (AvgIpc) is 2.81. The number of likely N-dealkylation sites (tertiary alicyclic amines) is 1. The second-order valence-corrected chi connectivity index (χ2v) is 7.64. The summed E-state index contributed by atoms with van der Waals surface area (Å²) in [5.74, 6) is 0.664. The van der Waals surface area contributed by atoms with E-state index < -0.39 is 0 Å². The molecule has 0 bridgehead atoms. The van der Waals surface area contributed by atoms with Crippen molar-refractivity contribution in [1.29, 1.82) is 0 Å². The van der Waals surface area contributed by atoms with Crippen molar-refractivity contribution in [2.45, 2.75) is 58.5 Å². The molecule has 1 aliphatic heterocycles. The van der Waals surface area contributed by atoms with E-state index in [-0.39, 0.29) is 11.5 Å². The summed E-state index contributed by atoms with van der Waals surface area (Å²) in [6.07, 6.45) is 3.25. The molecule has 20 heavy (non-hydrogen) atoms. The van der Waals surface area contributed by atoms with Crippen molar-refractivity contribution in [1.82, 2.24) is 14.7 Å². The lowest BCUT2D eigenvalue weighted by Gasteiger charge is -2.30. The second-order valence-electron chi connectivity index (χ2n) is 7.64. The number of hydrogen-bond acceptors (Lipinski definition) is 3. The highest BCUT2D eigenvalue weighted by molar-refractivity contribution is 5.29. The maximum Gasteiger partial charge on any atom is 0.0726 e. The largest absolute Gasteiger partial charge is 0.326 e. The Bertz CT molecular complexity index is 456. The summed E-state index contributed by atoms with van der Waals surface area (Å²) in [5.41, 5.74) is 8.99. The van der Waals surface area contributed by atoms with Gasteiger partial charge in [0, 0.05) is 43.4 Å². The Balaban J connectivity index is 2.38. The summed E-state index contributed by atoms with van der Waals surface area (Å²) in [6, 6.07) is 0.541. The minimum atomic E-state index is 0.0579. The summed E-state index contributed by atoms with van der Waals surface area (Å²) in [7, 11) is 2.01. The van der Waals surface area contributed by atoms with E-state index in [1.165, 1.54) is 11.3 Å². The van der Waals surface area contributed by atoms with Crippen LogP contribution in [0, 0.1) is 5.92 Å². The molecular formula is C16H30N4. The van der Waals surface area contributed by atoms with Crippen LogP contribution in [0.25, 0.3) is 0 Å². The molecule has 2 atom stereocenters. The molecule has 114 valence electrons. The first-order chi connectivity index (χ1) is 9.20. The highest BCUT2D eigenvalue weighted by atomic mass is 15.3. The van der Waals surface area contributed by atoms with Crippen LogP contribution in [0.4, 0.5) is 0 Å². The zero-order valence-electron chi connectivity index (χ0n) is 13.8. The van der Waals surface area contributed by atoms with E-state index in [1.807, 2.05) is 11.7 Å². The Morgan fingerprint density at radius 2 is 2.05 bits per heavy atom. The number of nitrogens with two attached hydrogens (primary N) is 1. The van der Waals surface area contributed by atoms with Gasteiger partial charge in [-0.05, 0) is 12.3 Å². The number of aromatic nitrogens is 2. The van der Waals surface area contributed by atoms with Crippen molar-refractivity contribution in [3.05, 3.63) is 17.5 Å². The molecule has 2 N–H and O–H groups in total. The van der Waals surface area contributed by atoms with Crippen molar-refractivity contribution in [2.24, 2.45) is 18.7 Å². The van der Waals surface area contributed by atoms with E-state index in [0.717, 1.165) is 19.5 Å². The summed E-state index contributed by atoms with van der Waals surface area (Å²) < 4.78 is 1.94. The van der Waals surface area contributed by atoms with Crippen LogP contribution >= 0.6 is 0 Å². The van der Waals surface area contributed by atoms with Crippen LogP contribution in [-0.4, -0.2) is 33.8 Å². The normalized spacial score (nSPS) is 24.8. The fourth-order valence-corrected chi connectivity index (χ4v) is 3.29. The second kappa shape index (κ2) is 5.49. The molecule has 0 aromatic carbocycles. The highest BCUT2D eigenvalue weighted by Crippen LogP contribution is 2.37. The van der Waals surface area contributed by atoms with Crippen LogP contribution in [0.1, 0.15) is 58.3 Å². The van der Waals surface area contributed by atoms with Crippen molar-refractivity contribution in [3.8, 4) is 0 Å². The summed E-state index contributed by atoms with van der Waals surface area (Å²) in [4.78, 5) is 2.54. The van der Waals surface area contributed by atoms with E-state index >= 15 is 0 Å². The van der Waals surface area contributed by atoms with Gasteiger partial charge in [-0.15, -0.1) is 0 Å². The van der Waals surface area contributed by atoms with Crippen molar-refractivity contribution < 1.29 is 0 Å². The zero-order chi connectivity index (χ0) is 15.1. The van der Waals surface area contributed by atoms with Crippen molar-refractivity contribution in [3.63, 3.8) is 0 Å². The van der Waals surface area contributed by atoms with Crippen molar-refractivity contribution >= 4 is 0 Å². The lowest BCUT2D eigenvalue weighted by atomic mass is 9.86. The zero-order valence-corrected chi connectivity index (χ0v) is 13.8. The molecule has 2 unspecified atom stereocenters. The molecule has 1 saturated heterocycles. The standard InChI is InChI=1S/C16H30N4/c1-11(2)9-20-8-7-13(17)14(20)12-10-19(6)18-15(12)16(3,4)5/h10-11,13-14H,7-9,17H2,1-6H3. The van der Waals surface area contributed by atoms with Gasteiger partial charge in [-0.2, -0.15) is 5.10 Å². The van der Waals surface area contributed by atoms with Gasteiger partial charge in [-0.3, -0.25) is 9.58 Å².